The Morgan fingerprint density at radius 2 is 1.75 bits per heavy atom. The van der Waals surface area contributed by atoms with Crippen molar-refractivity contribution in [3.63, 3.8) is 0 Å². The van der Waals surface area contributed by atoms with Gasteiger partial charge in [0.05, 0.1) is 6.42 Å². The van der Waals surface area contributed by atoms with Gasteiger partial charge in [0.1, 0.15) is 30.8 Å². The Bertz CT molecular complexity index is 760. The van der Waals surface area contributed by atoms with Gasteiger partial charge in [-0.25, -0.2) is 0 Å². The number of ether oxygens (including phenoxy) is 1. The number of allylic oxidation sites excluding steroid dienone is 1. The van der Waals surface area contributed by atoms with Crippen LogP contribution in [-0.2, 0) is 28.7 Å². The first-order valence-corrected chi connectivity index (χ1v) is 12.9. The van der Waals surface area contributed by atoms with Gasteiger partial charge in [-0.05, 0) is 25.3 Å². The van der Waals surface area contributed by atoms with Gasteiger partial charge < -0.3 is 26.0 Å². The molecule has 178 valence electrons. The maximum atomic E-state index is 12.9. The molecular weight excluding hydrogens is 456 g/mol. The minimum Gasteiger partial charge on any atom is -0.456 e. The molecule has 0 saturated carbocycles. The zero-order valence-corrected chi connectivity index (χ0v) is 20.0. The molecule has 1 fully saturated rings. The molecule has 0 aliphatic carbocycles. The predicted octanol–water partition coefficient (Wildman–Crippen LogP) is -0.110. The Kier molecular flexibility index (Phi) is 10.4. The van der Waals surface area contributed by atoms with Crippen LogP contribution in [0.3, 0.4) is 0 Å². The molecule has 0 aromatic carbocycles. The summed E-state index contributed by atoms with van der Waals surface area (Å²) in [6.07, 6.45) is 3.12. The van der Waals surface area contributed by atoms with Crippen molar-refractivity contribution in [3.05, 3.63) is 12.2 Å². The molecule has 4 amide bonds. The lowest BCUT2D eigenvalue weighted by atomic mass is 10.0. The van der Waals surface area contributed by atoms with Crippen molar-refractivity contribution in [1.82, 2.24) is 21.3 Å². The quantitative estimate of drug-likeness (QED) is 0.228. The van der Waals surface area contributed by atoms with E-state index in [0.29, 0.717) is 6.42 Å². The van der Waals surface area contributed by atoms with Gasteiger partial charge in [-0.3, -0.25) is 24.0 Å². The molecule has 2 rings (SSSR count). The summed E-state index contributed by atoms with van der Waals surface area (Å²) in [6, 6.07) is -2.71. The minimum atomic E-state index is -0.924. The zero-order valence-electron chi connectivity index (χ0n) is 18.3. The number of hydrogen-bond acceptors (Lipinski definition) is 8. The average molecular weight is 487 g/mol. The van der Waals surface area contributed by atoms with Crippen LogP contribution in [0, 0.1) is 5.92 Å². The van der Waals surface area contributed by atoms with Crippen LogP contribution < -0.4 is 21.3 Å². The Morgan fingerprint density at radius 1 is 1.00 bits per heavy atom. The van der Waals surface area contributed by atoms with E-state index < -0.39 is 60.4 Å². The zero-order chi connectivity index (χ0) is 23.7. The summed E-state index contributed by atoms with van der Waals surface area (Å²) < 4.78 is 5.36. The van der Waals surface area contributed by atoms with Crippen molar-refractivity contribution in [2.45, 2.75) is 57.8 Å². The van der Waals surface area contributed by atoms with Gasteiger partial charge in [0.15, 0.2) is 0 Å². The van der Waals surface area contributed by atoms with Crippen LogP contribution in [0.4, 0.5) is 0 Å². The molecule has 2 aliphatic rings. The van der Waals surface area contributed by atoms with Gasteiger partial charge in [-0.2, -0.15) is 0 Å². The minimum absolute atomic E-state index is 0.172. The lowest BCUT2D eigenvalue weighted by Gasteiger charge is -2.26. The SMILES string of the molecule is CC(C)[C@H]1NC(=O)C[C@H]2C=CCCSSC[C@@H](NC1=O)C(=O)N[C@H](C)C(=O)NCC(=O)O2. The van der Waals surface area contributed by atoms with Crippen LogP contribution in [0.1, 0.15) is 33.6 Å². The van der Waals surface area contributed by atoms with Crippen molar-refractivity contribution < 1.29 is 28.7 Å². The lowest BCUT2D eigenvalue weighted by Crippen LogP contribution is -2.58. The molecule has 0 aromatic rings. The first-order valence-electron chi connectivity index (χ1n) is 10.5. The molecule has 12 heteroatoms. The topological polar surface area (TPSA) is 143 Å². The highest BCUT2D eigenvalue weighted by molar-refractivity contribution is 8.76. The van der Waals surface area contributed by atoms with E-state index in [1.807, 2.05) is 6.08 Å². The van der Waals surface area contributed by atoms with E-state index in [1.54, 1.807) is 19.9 Å². The van der Waals surface area contributed by atoms with Crippen LogP contribution in [0.15, 0.2) is 12.2 Å². The van der Waals surface area contributed by atoms with Crippen LogP contribution in [0.25, 0.3) is 0 Å². The number of carbonyl (C=O) groups is 5. The highest BCUT2D eigenvalue weighted by atomic mass is 33.1. The maximum absolute atomic E-state index is 12.9. The highest BCUT2D eigenvalue weighted by Gasteiger charge is 2.31. The number of esters is 1. The van der Waals surface area contributed by atoms with E-state index >= 15 is 0 Å². The fourth-order valence-electron chi connectivity index (χ4n) is 2.99. The second-order valence-electron chi connectivity index (χ2n) is 7.85. The third-order valence-electron chi connectivity index (χ3n) is 4.76. The predicted molar refractivity (Wildman–Crippen MR) is 122 cm³/mol. The van der Waals surface area contributed by atoms with E-state index in [0.717, 1.165) is 5.75 Å². The number of carbonyl (C=O) groups excluding carboxylic acids is 5. The smallest absolute Gasteiger partial charge is 0.326 e. The molecule has 1 saturated heterocycles. The number of rotatable bonds is 1. The van der Waals surface area contributed by atoms with Crippen LogP contribution in [-0.4, -0.2) is 71.9 Å². The van der Waals surface area contributed by atoms with Gasteiger partial charge in [0.2, 0.25) is 23.6 Å². The Hall–Kier alpha value is -2.21. The molecule has 2 heterocycles. The van der Waals surface area contributed by atoms with E-state index in [4.69, 9.17) is 4.74 Å². The number of fused-ring (bicyclic) bond motifs is 7. The molecule has 0 spiro atoms. The Labute approximate surface area is 195 Å². The number of hydrogen-bond donors (Lipinski definition) is 4. The highest BCUT2D eigenvalue weighted by Crippen LogP contribution is 2.23. The second-order valence-corrected chi connectivity index (χ2v) is 10.5. The second kappa shape index (κ2) is 12.7. The van der Waals surface area contributed by atoms with Crippen LogP contribution in [0.2, 0.25) is 0 Å². The fourth-order valence-corrected chi connectivity index (χ4v) is 5.14. The fraction of sp³-hybridized carbons (Fsp3) is 0.650. The first-order chi connectivity index (χ1) is 15.2. The standard InChI is InChI=1S/C20H30N4O6S2/c1-11(2)17-20(29)23-14-10-32-31-7-5-4-6-13(8-15(25)24-17)30-16(26)9-21-18(27)12(3)22-19(14)28/h4,6,11-14,17H,5,7-10H2,1-3H3,(H,21,27)(H,22,28)(H,23,29)(H,24,25)/t12-,13-,14-,17-/m1/s1. The Morgan fingerprint density at radius 3 is 2.47 bits per heavy atom. The van der Waals surface area contributed by atoms with Crippen LogP contribution in [0.5, 0.6) is 0 Å². The van der Waals surface area contributed by atoms with Gasteiger partial charge in [0.25, 0.3) is 0 Å². The van der Waals surface area contributed by atoms with Crippen LogP contribution >= 0.6 is 21.6 Å². The molecule has 0 aromatic heterocycles. The molecule has 32 heavy (non-hydrogen) atoms. The molecule has 0 radical (unpaired) electrons. The third-order valence-corrected chi connectivity index (χ3v) is 7.21. The normalized spacial score (nSPS) is 29.3. The molecule has 4 atom stereocenters. The van der Waals surface area contributed by atoms with Crippen molar-refractivity contribution in [2.75, 3.05) is 18.1 Å². The van der Waals surface area contributed by atoms with E-state index in [-0.39, 0.29) is 18.1 Å². The molecule has 4 N–H and O–H groups in total. The average Bonchev–Trinajstić information content (AvgIpc) is 2.72. The molecule has 0 unspecified atom stereocenters. The third kappa shape index (κ3) is 8.38. The summed E-state index contributed by atoms with van der Waals surface area (Å²) in [5.74, 6) is -2.01. The van der Waals surface area contributed by atoms with Crippen molar-refractivity contribution >= 4 is 51.2 Å². The summed E-state index contributed by atoms with van der Waals surface area (Å²) in [4.78, 5) is 62.9. The first kappa shape index (κ1) is 26.0. The van der Waals surface area contributed by atoms with Gasteiger partial charge >= 0.3 is 5.97 Å². The number of amides is 4. The summed E-state index contributed by atoms with van der Waals surface area (Å²) in [5.41, 5.74) is 0. The van der Waals surface area contributed by atoms with E-state index in [2.05, 4.69) is 21.3 Å². The van der Waals surface area contributed by atoms with Gasteiger partial charge in [-0.1, -0.05) is 41.5 Å². The molecule has 10 nitrogen and oxygen atoms in total. The van der Waals surface area contributed by atoms with Crippen molar-refractivity contribution in [1.29, 1.82) is 0 Å². The van der Waals surface area contributed by atoms with E-state index in [9.17, 15) is 24.0 Å². The van der Waals surface area contributed by atoms with Crippen molar-refractivity contribution in [2.24, 2.45) is 5.92 Å². The molecule has 2 bridgehead atoms. The lowest BCUT2D eigenvalue weighted by molar-refractivity contribution is -0.148. The summed E-state index contributed by atoms with van der Waals surface area (Å²) >= 11 is 0. The molecular formula is C20H30N4O6S2. The monoisotopic (exact) mass is 486 g/mol. The van der Waals surface area contributed by atoms with Crippen molar-refractivity contribution in [3.8, 4) is 0 Å². The van der Waals surface area contributed by atoms with Gasteiger partial charge in [0, 0.05) is 11.5 Å². The summed E-state index contributed by atoms with van der Waals surface area (Å²) in [7, 11) is 2.96. The Balaban J connectivity index is 2.40. The molecule has 2 aliphatic heterocycles. The summed E-state index contributed by atoms with van der Waals surface area (Å²) in [6.45, 7) is 4.64. The van der Waals surface area contributed by atoms with Gasteiger partial charge in [-0.15, -0.1) is 0 Å². The largest absolute Gasteiger partial charge is 0.456 e. The maximum Gasteiger partial charge on any atom is 0.326 e. The summed E-state index contributed by atoms with van der Waals surface area (Å²) in [5, 5.41) is 10.4. The van der Waals surface area contributed by atoms with E-state index in [1.165, 1.54) is 28.5 Å². The number of nitrogens with one attached hydrogen (secondary N) is 4.